The van der Waals surface area contributed by atoms with Crippen LogP contribution in [0.3, 0.4) is 0 Å². The molecule has 4 bridgehead atoms. The summed E-state index contributed by atoms with van der Waals surface area (Å²) >= 11 is 1.51. The molecular weight excluding hydrogens is 432 g/mol. The molecule has 1 amide bonds. The Hall–Kier alpha value is -2.93. The molecule has 166 valence electrons. The van der Waals surface area contributed by atoms with Gasteiger partial charge in [-0.2, -0.15) is 15.1 Å². The summed E-state index contributed by atoms with van der Waals surface area (Å²) in [6.45, 7) is 0. The molecule has 0 radical (unpaired) electrons. The van der Waals surface area contributed by atoms with Crippen molar-refractivity contribution >= 4 is 39.8 Å². The number of fused-ring (bicyclic) bond motifs is 1. The first-order valence-corrected chi connectivity index (χ1v) is 12.5. The van der Waals surface area contributed by atoms with Gasteiger partial charge in [-0.05, 0) is 86.2 Å². The summed E-state index contributed by atoms with van der Waals surface area (Å²) in [6, 6.07) is 13.5. The number of rotatable bonds is 3. The van der Waals surface area contributed by atoms with Gasteiger partial charge in [0, 0.05) is 11.0 Å². The fourth-order valence-electron chi connectivity index (χ4n) is 6.91. The van der Waals surface area contributed by atoms with Crippen LogP contribution in [-0.2, 0) is 4.79 Å². The molecule has 0 saturated heterocycles. The number of hydrogen-bond donors (Lipinski definition) is 1. The summed E-state index contributed by atoms with van der Waals surface area (Å²) in [7, 11) is 0. The molecular formula is C26H24N4O2S. The molecule has 8 rings (SSSR count). The van der Waals surface area contributed by atoms with Crippen LogP contribution in [0.1, 0.15) is 44.3 Å². The second kappa shape index (κ2) is 7.03. The number of thioether (sulfide) groups is 1. The van der Waals surface area contributed by atoms with Crippen LogP contribution in [0.4, 0.5) is 0 Å². The summed E-state index contributed by atoms with van der Waals surface area (Å²) in [5.41, 5.74) is 1.30. The third-order valence-corrected chi connectivity index (χ3v) is 9.07. The van der Waals surface area contributed by atoms with Crippen molar-refractivity contribution < 1.29 is 9.21 Å². The second-order valence-electron chi connectivity index (χ2n) is 10.2. The summed E-state index contributed by atoms with van der Waals surface area (Å²) in [4.78, 5) is 17.2. The molecule has 0 spiro atoms. The van der Waals surface area contributed by atoms with Crippen molar-refractivity contribution in [1.82, 2.24) is 5.01 Å². The number of furan rings is 1. The van der Waals surface area contributed by atoms with Crippen LogP contribution < -0.4 is 0 Å². The summed E-state index contributed by atoms with van der Waals surface area (Å²) in [5, 5.41) is 16.8. The summed E-state index contributed by atoms with van der Waals surface area (Å²) < 4.78 is 5.93. The van der Waals surface area contributed by atoms with E-state index < -0.39 is 5.91 Å². The molecule has 4 fully saturated rings. The molecule has 4 saturated carbocycles. The lowest BCUT2D eigenvalue weighted by Gasteiger charge is -2.56. The lowest BCUT2D eigenvalue weighted by molar-refractivity contribution is -0.114. The molecule has 6 nitrogen and oxygen atoms in total. The van der Waals surface area contributed by atoms with Gasteiger partial charge < -0.3 is 4.42 Å². The van der Waals surface area contributed by atoms with E-state index in [0.717, 1.165) is 34.1 Å². The van der Waals surface area contributed by atoms with Crippen LogP contribution >= 0.6 is 11.8 Å². The number of hydrazone groups is 1. The first-order chi connectivity index (χ1) is 16.1. The van der Waals surface area contributed by atoms with Gasteiger partial charge in [0.25, 0.3) is 5.91 Å². The van der Waals surface area contributed by atoms with Gasteiger partial charge >= 0.3 is 0 Å². The molecule has 2 aromatic rings. The smallest absolute Gasteiger partial charge is 0.283 e. The predicted octanol–water partition coefficient (Wildman–Crippen LogP) is 5.78. The van der Waals surface area contributed by atoms with Crippen LogP contribution in [0.2, 0.25) is 0 Å². The summed E-state index contributed by atoms with van der Waals surface area (Å²) in [5.74, 6) is 3.36. The van der Waals surface area contributed by atoms with Crippen LogP contribution in [0.25, 0.3) is 17.4 Å². The second-order valence-corrected chi connectivity index (χ2v) is 11.1. The van der Waals surface area contributed by atoms with E-state index in [1.807, 2.05) is 42.5 Å². The van der Waals surface area contributed by atoms with Crippen molar-refractivity contribution in [3.63, 3.8) is 0 Å². The zero-order valence-electron chi connectivity index (χ0n) is 18.2. The van der Waals surface area contributed by atoms with Gasteiger partial charge in [0.2, 0.25) is 5.17 Å². The van der Waals surface area contributed by atoms with Crippen LogP contribution in [0, 0.1) is 28.6 Å². The fraction of sp³-hybridized carbons (Fsp3) is 0.385. The average molecular weight is 457 g/mol. The van der Waals surface area contributed by atoms with E-state index in [1.165, 1.54) is 50.3 Å². The fourth-order valence-corrected chi connectivity index (χ4v) is 8.02. The van der Waals surface area contributed by atoms with E-state index in [-0.39, 0.29) is 16.8 Å². The maximum absolute atomic E-state index is 12.9. The maximum Gasteiger partial charge on any atom is 0.283 e. The Bertz CT molecular complexity index is 1240. The molecule has 1 aromatic carbocycles. The van der Waals surface area contributed by atoms with Crippen LogP contribution in [0.15, 0.2) is 62.5 Å². The normalized spacial score (nSPS) is 33.5. The van der Waals surface area contributed by atoms with E-state index in [4.69, 9.17) is 14.9 Å². The number of carbonyl (C=O) groups is 1. The molecule has 3 heterocycles. The number of benzene rings is 1. The third-order valence-electron chi connectivity index (χ3n) is 7.92. The molecule has 0 atom stereocenters. The zero-order chi connectivity index (χ0) is 22.2. The van der Waals surface area contributed by atoms with Gasteiger partial charge in [-0.15, -0.1) is 0 Å². The van der Waals surface area contributed by atoms with E-state index in [2.05, 4.69) is 4.99 Å². The Morgan fingerprint density at radius 3 is 2.42 bits per heavy atom. The summed E-state index contributed by atoms with van der Waals surface area (Å²) in [6.07, 6.45) is 9.32. The minimum absolute atomic E-state index is 0.0786. The standard InChI is InChI=1S/C26H24N4O2S/c27-22-20(11-19-6-7-21(32-19)18-4-2-1-3-5-18)23(31)28-25-30(22)29-24(33-25)26-12-15-8-16(13-26)10-17(9-15)14-26/h1-7,11,15-17,27H,8-10,12-14H2. The lowest BCUT2D eigenvalue weighted by atomic mass is 9.50. The number of nitrogens with one attached hydrogen (secondary N) is 1. The van der Waals surface area contributed by atoms with E-state index in [0.29, 0.717) is 10.9 Å². The van der Waals surface area contributed by atoms with Crippen molar-refractivity contribution in [2.45, 2.75) is 38.5 Å². The lowest BCUT2D eigenvalue weighted by Crippen LogP contribution is -2.49. The Morgan fingerprint density at radius 2 is 1.73 bits per heavy atom. The molecule has 1 aromatic heterocycles. The van der Waals surface area contributed by atoms with Gasteiger partial charge in [-0.1, -0.05) is 30.3 Å². The molecule has 0 unspecified atom stereocenters. The van der Waals surface area contributed by atoms with Gasteiger partial charge in [0.1, 0.15) is 16.6 Å². The Kier molecular flexibility index (Phi) is 4.16. The third kappa shape index (κ3) is 3.09. The highest BCUT2D eigenvalue weighted by Crippen LogP contribution is 2.62. The minimum atomic E-state index is -0.404. The molecule has 1 N–H and O–H groups in total. The van der Waals surface area contributed by atoms with Gasteiger partial charge in [-0.25, -0.2) is 0 Å². The number of hydrogen-bond acceptors (Lipinski definition) is 5. The van der Waals surface area contributed by atoms with Crippen molar-refractivity contribution in [3.05, 3.63) is 53.8 Å². The largest absolute Gasteiger partial charge is 0.457 e. The van der Waals surface area contributed by atoms with E-state index in [9.17, 15) is 4.79 Å². The van der Waals surface area contributed by atoms with Crippen molar-refractivity contribution in [2.75, 3.05) is 0 Å². The molecule has 33 heavy (non-hydrogen) atoms. The number of amides is 1. The van der Waals surface area contributed by atoms with Crippen LogP contribution in [-0.4, -0.2) is 27.0 Å². The SMILES string of the molecule is N=C1C(=Cc2ccc(-c3ccccc3)o2)C(=O)N=C2SC(C34CC5CC(CC(C5)C3)C4)=NN12. The number of aliphatic imine (C=N–C) groups is 1. The Balaban J connectivity index is 1.19. The van der Waals surface area contributed by atoms with Crippen LogP contribution in [0.5, 0.6) is 0 Å². The van der Waals surface area contributed by atoms with Gasteiger partial charge in [-0.3, -0.25) is 10.2 Å². The number of carbonyl (C=O) groups excluding carboxylic acids is 1. The monoisotopic (exact) mass is 456 g/mol. The maximum atomic E-state index is 12.9. The number of nitrogens with zero attached hydrogens (tertiary/aromatic N) is 3. The minimum Gasteiger partial charge on any atom is -0.457 e. The first-order valence-electron chi connectivity index (χ1n) is 11.7. The highest BCUT2D eigenvalue weighted by Gasteiger charge is 2.55. The highest BCUT2D eigenvalue weighted by molar-refractivity contribution is 8.27. The Labute approximate surface area is 196 Å². The zero-order valence-corrected chi connectivity index (χ0v) is 19.0. The van der Waals surface area contributed by atoms with E-state index in [1.54, 1.807) is 11.1 Å². The molecule has 6 aliphatic rings. The van der Waals surface area contributed by atoms with Gasteiger partial charge in [0.15, 0.2) is 5.84 Å². The average Bonchev–Trinajstić information content (AvgIpc) is 3.44. The first kappa shape index (κ1) is 19.5. The highest BCUT2D eigenvalue weighted by atomic mass is 32.2. The Morgan fingerprint density at radius 1 is 1.03 bits per heavy atom. The number of amidine groups is 2. The molecule has 7 heteroatoms. The quantitative estimate of drug-likeness (QED) is 0.593. The van der Waals surface area contributed by atoms with Crippen molar-refractivity contribution in [3.8, 4) is 11.3 Å². The topological polar surface area (TPSA) is 82.0 Å². The van der Waals surface area contributed by atoms with Crippen molar-refractivity contribution in [2.24, 2.45) is 33.3 Å². The van der Waals surface area contributed by atoms with Gasteiger partial charge in [0.05, 0.1) is 5.57 Å². The predicted molar refractivity (Wildman–Crippen MR) is 130 cm³/mol. The molecule has 2 aliphatic heterocycles. The van der Waals surface area contributed by atoms with Crippen molar-refractivity contribution in [1.29, 1.82) is 5.41 Å². The molecule has 4 aliphatic carbocycles. The van der Waals surface area contributed by atoms with E-state index >= 15 is 0 Å².